The fraction of sp³-hybridized carbons (Fsp3) is 0.407. The molecule has 7 nitrogen and oxygen atoms in total. The summed E-state index contributed by atoms with van der Waals surface area (Å²) < 4.78 is 5.33. The van der Waals surface area contributed by atoms with Gasteiger partial charge in [0.25, 0.3) is 5.91 Å². The Balaban J connectivity index is 1.26. The van der Waals surface area contributed by atoms with Crippen LogP contribution in [0.25, 0.3) is 11.4 Å². The Morgan fingerprint density at radius 1 is 1.06 bits per heavy atom. The molecule has 0 atom stereocenters. The number of amides is 2. The van der Waals surface area contributed by atoms with Gasteiger partial charge in [0.2, 0.25) is 17.6 Å². The largest absolute Gasteiger partial charge is 0.352 e. The van der Waals surface area contributed by atoms with E-state index < -0.39 is 0 Å². The molecule has 178 valence electrons. The fourth-order valence-corrected chi connectivity index (χ4v) is 4.09. The fourth-order valence-electron chi connectivity index (χ4n) is 4.09. The normalized spacial score (nSPS) is 13.8. The van der Waals surface area contributed by atoms with Crippen molar-refractivity contribution >= 4 is 11.8 Å². The number of aryl methyl sites for hydroxylation is 1. The first-order valence-corrected chi connectivity index (χ1v) is 12.1. The van der Waals surface area contributed by atoms with Crippen LogP contribution in [0.15, 0.2) is 53.1 Å². The molecule has 3 aromatic rings. The highest BCUT2D eigenvalue weighted by molar-refractivity contribution is 5.94. The number of carbonyl (C=O) groups is 2. The van der Waals surface area contributed by atoms with E-state index in [1.165, 1.54) is 12.0 Å². The molecule has 1 saturated heterocycles. The Morgan fingerprint density at radius 2 is 1.82 bits per heavy atom. The van der Waals surface area contributed by atoms with Gasteiger partial charge in [0, 0.05) is 43.6 Å². The van der Waals surface area contributed by atoms with Crippen molar-refractivity contribution in [3.63, 3.8) is 0 Å². The van der Waals surface area contributed by atoms with Crippen molar-refractivity contribution in [1.29, 1.82) is 0 Å². The summed E-state index contributed by atoms with van der Waals surface area (Å²) >= 11 is 0. The Labute approximate surface area is 200 Å². The second kappa shape index (κ2) is 11.1. The van der Waals surface area contributed by atoms with Crippen LogP contribution in [0.3, 0.4) is 0 Å². The number of rotatable bonds is 8. The first-order chi connectivity index (χ1) is 16.5. The number of hydrogen-bond donors (Lipinski definition) is 1. The number of aromatic nitrogens is 2. The molecule has 0 bridgehead atoms. The Bertz CT molecular complexity index is 1110. The van der Waals surface area contributed by atoms with E-state index in [9.17, 15) is 9.59 Å². The molecule has 0 unspecified atom stereocenters. The van der Waals surface area contributed by atoms with E-state index in [2.05, 4.69) is 41.4 Å². The van der Waals surface area contributed by atoms with Gasteiger partial charge >= 0.3 is 0 Å². The lowest BCUT2D eigenvalue weighted by Crippen LogP contribution is -2.35. The third-order valence-corrected chi connectivity index (χ3v) is 6.18. The minimum Gasteiger partial charge on any atom is -0.352 e. The summed E-state index contributed by atoms with van der Waals surface area (Å²) in [6, 6.07) is 15.6. The molecule has 2 amide bonds. The lowest BCUT2D eigenvalue weighted by Gasteiger charge is -2.26. The van der Waals surface area contributed by atoms with Crippen LogP contribution in [-0.4, -0.2) is 39.9 Å². The molecule has 1 fully saturated rings. The van der Waals surface area contributed by atoms with Crippen LogP contribution < -0.4 is 5.32 Å². The summed E-state index contributed by atoms with van der Waals surface area (Å²) in [5.41, 5.74) is 3.72. The number of carbonyl (C=O) groups excluding carboxylic acids is 2. The Hall–Kier alpha value is -3.48. The van der Waals surface area contributed by atoms with Gasteiger partial charge in [-0.15, -0.1) is 0 Å². The van der Waals surface area contributed by atoms with E-state index in [0.29, 0.717) is 36.2 Å². The number of likely N-dealkylation sites (tertiary alicyclic amines) is 1. The van der Waals surface area contributed by atoms with E-state index >= 15 is 0 Å². The van der Waals surface area contributed by atoms with E-state index in [0.717, 1.165) is 37.1 Å². The number of nitrogens with zero attached hydrogens (tertiary/aromatic N) is 3. The number of piperidine rings is 1. The van der Waals surface area contributed by atoms with E-state index in [-0.39, 0.29) is 18.2 Å². The monoisotopic (exact) mass is 460 g/mol. The maximum Gasteiger partial charge on any atom is 0.253 e. The van der Waals surface area contributed by atoms with Crippen molar-refractivity contribution in [3.8, 4) is 11.4 Å². The van der Waals surface area contributed by atoms with Crippen molar-refractivity contribution in [2.45, 2.75) is 58.4 Å². The van der Waals surface area contributed by atoms with Crippen molar-refractivity contribution in [2.75, 3.05) is 13.1 Å². The van der Waals surface area contributed by atoms with E-state index in [1.807, 2.05) is 41.3 Å². The van der Waals surface area contributed by atoms with Crippen molar-refractivity contribution < 1.29 is 14.1 Å². The average molecular weight is 461 g/mol. The number of nitrogens with one attached hydrogen (secondary N) is 1. The molecule has 1 aromatic heterocycles. The predicted molar refractivity (Wildman–Crippen MR) is 130 cm³/mol. The molecule has 0 aliphatic carbocycles. The van der Waals surface area contributed by atoms with Crippen molar-refractivity contribution in [2.24, 2.45) is 0 Å². The van der Waals surface area contributed by atoms with E-state index in [1.54, 1.807) is 0 Å². The number of benzene rings is 2. The highest BCUT2D eigenvalue weighted by Gasteiger charge is 2.18. The molecule has 2 heterocycles. The van der Waals surface area contributed by atoms with Crippen molar-refractivity contribution in [3.05, 3.63) is 71.1 Å². The quantitative estimate of drug-likeness (QED) is 0.525. The highest BCUT2D eigenvalue weighted by Crippen LogP contribution is 2.21. The van der Waals surface area contributed by atoms with Crippen LogP contribution in [0, 0.1) is 0 Å². The lowest BCUT2D eigenvalue weighted by atomic mass is 10.0. The minimum absolute atomic E-state index is 0.0684. The highest BCUT2D eigenvalue weighted by atomic mass is 16.5. The maximum absolute atomic E-state index is 12.7. The summed E-state index contributed by atoms with van der Waals surface area (Å²) in [7, 11) is 0. The molecule has 1 aliphatic rings. The Kier molecular flexibility index (Phi) is 7.72. The van der Waals surface area contributed by atoms with Crippen molar-refractivity contribution in [1.82, 2.24) is 20.4 Å². The van der Waals surface area contributed by atoms with Crippen LogP contribution in [0.4, 0.5) is 0 Å². The third kappa shape index (κ3) is 6.10. The molecular formula is C27H32N4O3. The zero-order valence-corrected chi connectivity index (χ0v) is 19.9. The second-order valence-electron chi connectivity index (χ2n) is 9.12. The number of hydrogen-bond acceptors (Lipinski definition) is 5. The van der Waals surface area contributed by atoms with Gasteiger partial charge in [-0.05, 0) is 48.4 Å². The van der Waals surface area contributed by atoms with Crippen LogP contribution >= 0.6 is 0 Å². The molecule has 34 heavy (non-hydrogen) atoms. The maximum atomic E-state index is 12.7. The van der Waals surface area contributed by atoms with Gasteiger partial charge in [-0.3, -0.25) is 9.59 Å². The summed E-state index contributed by atoms with van der Waals surface area (Å²) in [6.45, 7) is 6.31. The van der Waals surface area contributed by atoms with Gasteiger partial charge in [0.05, 0.1) is 0 Å². The second-order valence-corrected chi connectivity index (χ2v) is 9.12. The lowest BCUT2D eigenvalue weighted by molar-refractivity contribution is -0.121. The zero-order valence-electron chi connectivity index (χ0n) is 19.9. The molecule has 0 saturated carbocycles. The SMILES string of the molecule is CC(C)c1ccc(-c2noc(CCC(=O)NCc3cccc(C(=O)N4CCCCC4)c3)n2)cc1. The summed E-state index contributed by atoms with van der Waals surface area (Å²) in [5, 5.41) is 6.96. The standard InChI is InChI=1S/C27H32N4O3/c1-19(2)21-9-11-22(12-10-21)26-29-25(34-30-26)14-13-24(32)28-18-20-7-6-8-23(17-20)27(33)31-15-4-3-5-16-31/h6-12,17,19H,3-5,13-16,18H2,1-2H3,(H,28,32). The molecule has 0 spiro atoms. The van der Waals surface area contributed by atoms with E-state index in [4.69, 9.17) is 4.52 Å². The van der Waals surface area contributed by atoms with Gasteiger partial charge in [-0.25, -0.2) is 0 Å². The van der Waals surface area contributed by atoms with Crippen LogP contribution in [0.1, 0.15) is 72.8 Å². The molecule has 1 aliphatic heterocycles. The molecule has 4 rings (SSSR count). The first-order valence-electron chi connectivity index (χ1n) is 12.1. The molecule has 1 N–H and O–H groups in total. The zero-order chi connectivity index (χ0) is 23.9. The Morgan fingerprint density at radius 3 is 2.56 bits per heavy atom. The third-order valence-electron chi connectivity index (χ3n) is 6.18. The summed E-state index contributed by atoms with van der Waals surface area (Å²) in [5.74, 6) is 1.40. The van der Waals surface area contributed by atoms with Gasteiger partial charge in [-0.1, -0.05) is 55.4 Å². The minimum atomic E-state index is -0.103. The molecule has 7 heteroatoms. The van der Waals surface area contributed by atoms with Crippen LogP contribution in [0.2, 0.25) is 0 Å². The van der Waals surface area contributed by atoms with Gasteiger partial charge in [0.15, 0.2) is 0 Å². The molecular weight excluding hydrogens is 428 g/mol. The van der Waals surface area contributed by atoms with Crippen LogP contribution in [0.5, 0.6) is 0 Å². The first kappa shape index (κ1) is 23.7. The van der Waals surface area contributed by atoms with Gasteiger partial charge in [0.1, 0.15) is 0 Å². The predicted octanol–water partition coefficient (Wildman–Crippen LogP) is 4.74. The average Bonchev–Trinajstić information content (AvgIpc) is 3.35. The molecule has 2 aromatic carbocycles. The van der Waals surface area contributed by atoms with Gasteiger partial charge in [-0.2, -0.15) is 4.98 Å². The summed E-state index contributed by atoms with van der Waals surface area (Å²) in [6.07, 6.45) is 3.93. The summed E-state index contributed by atoms with van der Waals surface area (Å²) in [4.78, 5) is 31.4. The van der Waals surface area contributed by atoms with Crippen LogP contribution in [-0.2, 0) is 17.8 Å². The molecule has 0 radical (unpaired) electrons. The smallest absolute Gasteiger partial charge is 0.253 e. The topological polar surface area (TPSA) is 88.3 Å². The van der Waals surface area contributed by atoms with Gasteiger partial charge < -0.3 is 14.7 Å².